The van der Waals surface area contributed by atoms with E-state index in [4.69, 9.17) is 9.47 Å². The number of nitrogens with one attached hydrogen (secondary N) is 1. The van der Waals surface area contributed by atoms with Crippen LogP contribution in [0.4, 0.5) is 5.69 Å². The van der Waals surface area contributed by atoms with Gasteiger partial charge >= 0.3 is 0 Å². The smallest absolute Gasteiger partial charge is 0.185 e. The van der Waals surface area contributed by atoms with E-state index >= 15 is 0 Å². The maximum atomic E-state index is 6.27. The maximum Gasteiger partial charge on any atom is 0.185 e. The summed E-state index contributed by atoms with van der Waals surface area (Å²) in [6.45, 7) is 7.54. The maximum absolute atomic E-state index is 6.27. The van der Waals surface area contributed by atoms with Gasteiger partial charge in [0.2, 0.25) is 0 Å². The molecule has 3 rings (SSSR count). The third-order valence-electron chi connectivity index (χ3n) is 4.08. The van der Waals surface area contributed by atoms with Gasteiger partial charge in [-0.05, 0) is 37.3 Å². The molecule has 3 nitrogen and oxygen atoms in total. The van der Waals surface area contributed by atoms with Gasteiger partial charge in [-0.1, -0.05) is 61.5 Å². The molecule has 0 fully saturated rings. The molecule has 3 aromatic rings. The number of benzene rings is 3. The van der Waals surface area contributed by atoms with Crippen molar-refractivity contribution >= 4 is 16.5 Å². The molecule has 0 unspecified atom stereocenters. The van der Waals surface area contributed by atoms with E-state index in [1.807, 2.05) is 24.3 Å². The van der Waals surface area contributed by atoms with Crippen LogP contribution < -0.4 is 14.8 Å². The van der Waals surface area contributed by atoms with Crippen LogP contribution in [0, 0.1) is 0 Å². The van der Waals surface area contributed by atoms with E-state index in [0.29, 0.717) is 19.3 Å². The minimum Gasteiger partial charge on any atom is -0.489 e. The molecule has 0 saturated carbocycles. The highest BCUT2D eigenvalue weighted by Crippen LogP contribution is 2.43. The Kier molecular flexibility index (Phi) is 6.00. The van der Waals surface area contributed by atoms with Crippen molar-refractivity contribution < 1.29 is 9.47 Å². The van der Waals surface area contributed by atoms with Crippen LogP contribution in [0.15, 0.2) is 60.7 Å². The first-order valence-corrected chi connectivity index (χ1v) is 9.31. The van der Waals surface area contributed by atoms with E-state index in [1.165, 1.54) is 0 Å². The van der Waals surface area contributed by atoms with E-state index in [-0.39, 0.29) is 0 Å². The summed E-state index contributed by atoms with van der Waals surface area (Å²) in [5.41, 5.74) is 2.11. The average Bonchev–Trinajstić information content (AvgIpc) is 2.65. The van der Waals surface area contributed by atoms with Gasteiger partial charge in [-0.25, -0.2) is 0 Å². The molecule has 0 aromatic heterocycles. The fourth-order valence-corrected chi connectivity index (χ4v) is 2.93. The monoisotopic (exact) mass is 349 g/mol. The van der Waals surface area contributed by atoms with E-state index < -0.39 is 0 Å². The van der Waals surface area contributed by atoms with Crippen molar-refractivity contribution in [2.75, 3.05) is 11.9 Å². The molecule has 136 valence electrons. The second kappa shape index (κ2) is 8.61. The molecule has 0 radical (unpaired) electrons. The van der Waals surface area contributed by atoms with Gasteiger partial charge in [0, 0.05) is 11.4 Å². The zero-order chi connectivity index (χ0) is 18.4. The van der Waals surface area contributed by atoms with Gasteiger partial charge in [0.05, 0.1) is 12.3 Å². The van der Waals surface area contributed by atoms with Crippen molar-refractivity contribution in [3.63, 3.8) is 0 Å². The molecule has 0 aliphatic heterocycles. The van der Waals surface area contributed by atoms with E-state index in [1.54, 1.807) is 0 Å². The van der Waals surface area contributed by atoms with Gasteiger partial charge < -0.3 is 14.8 Å². The standard InChI is InChI=1S/C23H27NO2/c1-4-14-25-22-20-13-9-8-12-19(20)15-21(24-17(2)3)23(22)26-16-18-10-6-5-7-11-18/h5-13,15,17,24H,4,14,16H2,1-3H3. The van der Waals surface area contributed by atoms with Gasteiger partial charge in [0.25, 0.3) is 0 Å². The highest BCUT2D eigenvalue weighted by Gasteiger charge is 2.17. The Morgan fingerprint density at radius 3 is 2.35 bits per heavy atom. The fourth-order valence-electron chi connectivity index (χ4n) is 2.93. The van der Waals surface area contributed by atoms with Gasteiger partial charge in [0.15, 0.2) is 11.5 Å². The quantitative estimate of drug-likeness (QED) is 0.539. The number of anilines is 1. The van der Waals surface area contributed by atoms with Crippen LogP contribution in [0.5, 0.6) is 11.5 Å². The summed E-state index contributed by atoms with van der Waals surface area (Å²) >= 11 is 0. The Bertz CT molecular complexity index is 843. The molecule has 0 aliphatic rings. The third-order valence-corrected chi connectivity index (χ3v) is 4.08. The number of hydrogen-bond donors (Lipinski definition) is 1. The topological polar surface area (TPSA) is 30.5 Å². The summed E-state index contributed by atoms with van der Waals surface area (Å²) in [5, 5.41) is 5.74. The largest absolute Gasteiger partial charge is 0.489 e. The molecular formula is C23H27NO2. The average molecular weight is 349 g/mol. The van der Waals surface area contributed by atoms with Crippen LogP contribution in [0.3, 0.4) is 0 Å². The predicted octanol–water partition coefficient (Wildman–Crippen LogP) is 6.03. The van der Waals surface area contributed by atoms with Crippen LogP contribution in [0.25, 0.3) is 10.8 Å². The summed E-state index contributed by atoms with van der Waals surface area (Å²) in [7, 11) is 0. The van der Waals surface area contributed by atoms with Crippen LogP contribution in [0.2, 0.25) is 0 Å². The lowest BCUT2D eigenvalue weighted by atomic mass is 10.1. The van der Waals surface area contributed by atoms with Crippen molar-refractivity contribution in [2.45, 2.75) is 39.8 Å². The second-order valence-corrected chi connectivity index (χ2v) is 6.73. The van der Waals surface area contributed by atoms with Gasteiger partial charge in [-0.2, -0.15) is 0 Å². The lowest BCUT2D eigenvalue weighted by Crippen LogP contribution is -2.12. The predicted molar refractivity (Wildman–Crippen MR) is 109 cm³/mol. The Morgan fingerprint density at radius 2 is 1.62 bits per heavy atom. The number of hydrogen-bond acceptors (Lipinski definition) is 3. The lowest BCUT2D eigenvalue weighted by Gasteiger charge is -2.21. The summed E-state index contributed by atoms with van der Waals surface area (Å²) in [4.78, 5) is 0. The fraction of sp³-hybridized carbons (Fsp3) is 0.304. The third kappa shape index (κ3) is 4.29. The number of rotatable bonds is 8. The van der Waals surface area contributed by atoms with Crippen molar-refractivity contribution in [2.24, 2.45) is 0 Å². The second-order valence-electron chi connectivity index (χ2n) is 6.73. The Balaban J connectivity index is 2.05. The molecule has 3 heteroatoms. The molecule has 3 aromatic carbocycles. The summed E-state index contributed by atoms with van der Waals surface area (Å²) in [5.74, 6) is 1.61. The molecular weight excluding hydrogens is 322 g/mol. The summed E-state index contributed by atoms with van der Waals surface area (Å²) < 4.78 is 12.4. The molecule has 0 aliphatic carbocycles. The van der Waals surface area contributed by atoms with Gasteiger partial charge in [0.1, 0.15) is 6.61 Å². The summed E-state index contributed by atoms with van der Waals surface area (Å²) in [6.07, 6.45) is 0.953. The van der Waals surface area contributed by atoms with Crippen LogP contribution in [-0.2, 0) is 6.61 Å². The van der Waals surface area contributed by atoms with Gasteiger partial charge in [-0.15, -0.1) is 0 Å². The minimum atomic E-state index is 0.300. The summed E-state index contributed by atoms with van der Waals surface area (Å²) in [6, 6.07) is 21.0. The highest BCUT2D eigenvalue weighted by atomic mass is 16.5. The zero-order valence-electron chi connectivity index (χ0n) is 15.8. The Hall–Kier alpha value is -2.68. The van der Waals surface area contributed by atoms with Crippen LogP contribution >= 0.6 is 0 Å². The highest BCUT2D eigenvalue weighted by molar-refractivity contribution is 5.95. The van der Waals surface area contributed by atoms with E-state index in [9.17, 15) is 0 Å². The van der Waals surface area contributed by atoms with Crippen molar-refractivity contribution in [1.82, 2.24) is 0 Å². The van der Waals surface area contributed by atoms with E-state index in [0.717, 1.165) is 39.9 Å². The van der Waals surface area contributed by atoms with Crippen LogP contribution in [0.1, 0.15) is 32.8 Å². The van der Waals surface area contributed by atoms with E-state index in [2.05, 4.69) is 62.5 Å². The van der Waals surface area contributed by atoms with Crippen molar-refractivity contribution in [1.29, 1.82) is 0 Å². The molecule has 26 heavy (non-hydrogen) atoms. The minimum absolute atomic E-state index is 0.300. The Morgan fingerprint density at radius 1 is 0.885 bits per heavy atom. The van der Waals surface area contributed by atoms with Crippen molar-refractivity contribution in [3.05, 3.63) is 66.2 Å². The molecule has 1 N–H and O–H groups in total. The first-order valence-electron chi connectivity index (χ1n) is 9.31. The molecule has 0 amide bonds. The van der Waals surface area contributed by atoms with Crippen molar-refractivity contribution in [3.8, 4) is 11.5 Å². The molecule has 0 heterocycles. The number of fused-ring (bicyclic) bond motifs is 1. The van der Waals surface area contributed by atoms with Gasteiger partial charge in [-0.3, -0.25) is 0 Å². The molecule has 0 atom stereocenters. The molecule has 0 bridgehead atoms. The number of ether oxygens (including phenoxy) is 2. The first kappa shape index (κ1) is 18.1. The normalized spacial score (nSPS) is 10.9. The first-order chi connectivity index (χ1) is 12.7. The van der Waals surface area contributed by atoms with Crippen LogP contribution in [-0.4, -0.2) is 12.6 Å². The molecule has 0 saturated heterocycles. The zero-order valence-corrected chi connectivity index (χ0v) is 15.8. The molecule has 0 spiro atoms. The SMILES string of the molecule is CCCOc1c(OCc2ccccc2)c(NC(C)C)cc2ccccc12. The Labute approximate surface area is 156 Å². The lowest BCUT2D eigenvalue weighted by molar-refractivity contribution is 0.265.